The third kappa shape index (κ3) is 2.92. The second kappa shape index (κ2) is 5.41. The zero-order valence-corrected chi connectivity index (χ0v) is 11.1. The van der Waals surface area contributed by atoms with Crippen molar-refractivity contribution < 1.29 is 4.79 Å². The van der Waals surface area contributed by atoms with Crippen LogP contribution in [0.1, 0.15) is 26.7 Å². The van der Waals surface area contributed by atoms with E-state index in [9.17, 15) is 4.79 Å². The van der Waals surface area contributed by atoms with Gasteiger partial charge in [0.05, 0.1) is 0 Å². The van der Waals surface area contributed by atoms with Gasteiger partial charge in [-0.05, 0) is 26.3 Å². The van der Waals surface area contributed by atoms with E-state index < -0.39 is 0 Å². The molecular weight excluding hydrogens is 220 g/mol. The Morgan fingerprint density at radius 3 is 2.94 bits per heavy atom. The molecule has 2 fully saturated rings. The third-order valence-electron chi connectivity index (χ3n) is 3.53. The van der Waals surface area contributed by atoms with Gasteiger partial charge < -0.3 is 10.2 Å². The fourth-order valence-electron chi connectivity index (χ4n) is 2.63. The molecule has 16 heavy (non-hydrogen) atoms. The number of thioether (sulfide) groups is 1. The van der Waals surface area contributed by atoms with Crippen LogP contribution >= 0.6 is 11.8 Å². The molecule has 2 saturated heterocycles. The predicted octanol–water partition coefficient (Wildman–Crippen LogP) is 1.34. The Kier molecular flexibility index (Phi) is 4.14. The van der Waals surface area contributed by atoms with Gasteiger partial charge in [-0.25, -0.2) is 0 Å². The molecule has 0 saturated carbocycles. The van der Waals surface area contributed by atoms with Gasteiger partial charge in [0.2, 0.25) is 5.91 Å². The van der Waals surface area contributed by atoms with Crippen LogP contribution in [-0.4, -0.2) is 47.5 Å². The van der Waals surface area contributed by atoms with Crippen LogP contribution in [0.15, 0.2) is 0 Å². The first-order chi connectivity index (χ1) is 7.66. The number of carbonyl (C=O) groups excluding carboxylic acids is 1. The van der Waals surface area contributed by atoms with Crippen molar-refractivity contribution >= 4 is 17.7 Å². The topological polar surface area (TPSA) is 32.3 Å². The maximum atomic E-state index is 12.3. The highest BCUT2D eigenvalue weighted by Gasteiger charge is 2.30. The summed E-state index contributed by atoms with van der Waals surface area (Å²) < 4.78 is 0. The Labute approximate surface area is 102 Å². The lowest BCUT2D eigenvalue weighted by Gasteiger charge is -2.35. The van der Waals surface area contributed by atoms with E-state index in [0.29, 0.717) is 17.2 Å². The lowest BCUT2D eigenvalue weighted by molar-refractivity contribution is -0.136. The highest BCUT2D eigenvalue weighted by molar-refractivity contribution is 7.99. The molecule has 0 aliphatic carbocycles. The van der Waals surface area contributed by atoms with E-state index in [2.05, 4.69) is 24.1 Å². The molecular formula is C12H22N2OS. The molecule has 1 N–H and O–H groups in total. The van der Waals surface area contributed by atoms with Gasteiger partial charge in [-0.3, -0.25) is 4.79 Å². The molecule has 2 aliphatic rings. The second-order valence-electron chi connectivity index (χ2n) is 5.04. The standard InChI is InChI=1S/C12H22N2OS/c1-9-7-11(3-4-13-9)12(15)14-5-6-16-10(2)8-14/h9-11,13H,3-8H2,1-2H3. The summed E-state index contributed by atoms with van der Waals surface area (Å²) in [7, 11) is 0. The van der Waals surface area contributed by atoms with Crippen LogP contribution in [0.4, 0.5) is 0 Å². The van der Waals surface area contributed by atoms with E-state index in [4.69, 9.17) is 0 Å². The van der Waals surface area contributed by atoms with Crippen molar-refractivity contribution in [2.45, 2.75) is 38.0 Å². The van der Waals surface area contributed by atoms with Crippen molar-refractivity contribution in [3.05, 3.63) is 0 Å². The first kappa shape index (κ1) is 12.2. The van der Waals surface area contributed by atoms with E-state index in [0.717, 1.165) is 38.2 Å². The normalized spacial score (nSPS) is 36.1. The van der Waals surface area contributed by atoms with Crippen molar-refractivity contribution in [3.63, 3.8) is 0 Å². The molecule has 92 valence electrons. The molecule has 0 bridgehead atoms. The van der Waals surface area contributed by atoms with Gasteiger partial charge in [0.15, 0.2) is 0 Å². The number of rotatable bonds is 1. The minimum absolute atomic E-state index is 0.270. The fraction of sp³-hybridized carbons (Fsp3) is 0.917. The highest BCUT2D eigenvalue weighted by Crippen LogP contribution is 2.23. The number of nitrogens with zero attached hydrogens (tertiary/aromatic N) is 1. The van der Waals surface area contributed by atoms with Gasteiger partial charge in [-0.2, -0.15) is 11.8 Å². The van der Waals surface area contributed by atoms with Gasteiger partial charge >= 0.3 is 0 Å². The summed E-state index contributed by atoms with van der Waals surface area (Å²) in [6, 6.07) is 0.499. The van der Waals surface area contributed by atoms with Gasteiger partial charge in [-0.1, -0.05) is 6.92 Å². The van der Waals surface area contributed by atoms with Crippen LogP contribution < -0.4 is 5.32 Å². The van der Waals surface area contributed by atoms with E-state index in [1.807, 2.05) is 11.8 Å². The zero-order chi connectivity index (χ0) is 11.5. The Morgan fingerprint density at radius 1 is 1.44 bits per heavy atom. The summed E-state index contributed by atoms with van der Waals surface area (Å²) in [4.78, 5) is 14.4. The second-order valence-corrected chi connectivity index (χ2v) is 6.59. The summed E-state index contributed by atoms with van der Waals surface area (Å²) in [5.41, 5.74) is 0. The number of amides is 1. The maximum absolute atomic E-state index is 12.3. The van der Waals surface area contributed by atoms with E-state index in [-0.39, 0.29) is 5.92 Å². The van der Waals surface area contributed by atoms with E-state index in [1.54, 1.807) is 0 Å². The molecule has 0 aromatic heterocycles. The van der Waals surface area contributed by atoms with Crippen LogP contribution in [0.25, 0.3) is 0 Å². The average molecular weight is 242 g/mol. The van der Waals surface area contributed by atoms with Crippen molar-refractivity contribution in [1.29, 1.82) is 0 Å². The van der Waals surface area contributed by atoms with Crippen LogP contribution in [0.3, 0.4) is 0 Å². The molecule has 2 rings (SSSR count). The number of hydrogen-bond donors (Lipinski definition) is 1. The Bertz CT molecular complexity index is 235. The Hall–Kier alpha value is -0.220. The zero-order valence-electron chi connectivity index (χ0n) is 10.2. The van der Waals surface area contributed by atoms with Crippen molar-refractivity contribution in [1.82, 2.24) is 10.2 Å². The number of nitrogens with one attached hydrogen (secondary N) is 1. The molecule has 4 heteroatoms. The lowest BCUT2D eigenvalue weighted by Crippen LogP contribution is -2.47. The smallest absolute Gasteiger partial charge is 0.225 e. The van der Waals surface area contributed by atoms with Crippen LogP contribution in [-0.2, 0) is 4.79 Å². The highest BCUT2D eigenvalue weighted by atomic mass is 32.2. The molecule has 1 amide bonds. The van der Waals surface area contributed by atoms with Gasteiger partial charge in [-0.15, -0.1) is 0 Å². The summed E-state index contributed by atoms with van der Waals surface area (Å²) in [5, 5.41) is 4.01. The van der Waals surface area contributed by atoms with Gasteiger partial charge in [0, 0.05) is 36.1 Å². The predicted molar refractivity (Wildman–Crippen MR) is 68.7 cm³/mol. The maximum Gasteiger partial charge on any atom is 0.225 e. The molecule has 3 nitrogen and oxygen atoms in total. The molecule has 2 aliphatic heterocycles. The molecule has 0 radical (unpaired) electrons. The molecule has 0 spiro atoms. The SMILES string of the molecule is CC1CC(C(=O)N2CCSC(C)C2)CCN1. The van der Waals surface area contributed by atoms with Crippen LogP contribution in [0.2, 0.25) is 0 Å². The first-order valence-corrected chi connectivity index (χ1v) is 7.35. The van der Waals surface area contributed by atoms with Gasteiger partial charge in [0.25, 0.3) is 0 Å². The van der Waals surface area contributed by atoms with Crippen molar-refractivity contribution in [2.24, 2.45) is 5.92 Å². The quantitative estimate of drug-likeness (QED) is 0.753. The summed E-state index contributed by atoms with van der Waals surface area (Å²) >= 11 is 1.98. The summed E-state index contributed by atoms with van der Waals surface area (Å²) in [6.45, 7) is 7.28. The average Bonchev–Trinajstić information content (AvgIpc) is 2.28. The Balaban J connectivity index is 1.90. The molecule has 0 aromatic carbocycles. The molecule has 2 heterocycles. The fourth-order valence-corrected chi connectivity index (χ4v) is 3.65. The Morgan fingerprint density at radius 2 is 2.25 bits per heavy atom. The minimum atomic E-state index is 0.270. The number of hydrogen-bond acceptors (Lipinski definition) is 3. The molecule has 3 unspecified atom stereocenters. The summed E-state index contributed by atoms with van der Waals surface area (Å²) in [6.07, 6.45) is 2.03. The van der Waals surface area contributed by atoms with Crippen molar-refractivity contribution in [2.75, 3.05) is 25.4 Å². The minimum Gasteiger partial charge on any atom is -0.341 e. The molecule has 3 atom stereocenters. The number of carbonyl (C=O) groups is 1. The van der Waals surface area contributed by atoms with E-state index >= 15 is 0 Å². The third-order valence-corrected chi connectivity index (χ3v) is 4.66. The largest absolute Gasteiger partial charge is 0.341 e. The van der Waals surface area contributed by atoms with Crippen molar-refractivity contribution in [3.8, 4) is 0 Å². The van der Waals surface area contributed by atoms with Gasteiger partial charge in [0.1, 0.15) is 0 Å². The monoisotopic (exact) mass is 242 g/mol. The lowest BCUT2D eigenvalue weighted by atomic mass is 9.92. The van der Waals surface area contributed by atoms with Crippen LogP contribution in [0.5, 0.6) is 0 Å². The summed E-state index contributed by atoms with van der Waals surface area (Å²) in [5.74, 6) is 1.78. The van der Waals surface area contributed by atoms with Crippen LogP contribution in [0, 0.1) is 5.92 Å². The first-order valence-electron chi connectivity index (χ1n) is 6.30. The molecule has 0 aromatic rings. The number of piperidine rings is 1. The van der Waals surface area contributed by atoms with E-state index in [1.165, 1.54) is 0 Å².